The second-order valence-corrected chi connectivity index (χ2v) is 8.35. The van der Waals surface area contributed by atoms with Gasteiger partial charge in [0.1, 0.15) is 24.2 Å². The van der Waals surface area contributed by atoms with Crippen molar-refractivity contribution in [2.75, 3.05) is 0 Å². The van der Waals surface area contributed by atoms with Crippen molar-refractivity contribution in [2.24, 2.45) is 0 Å². The highest BCUT2D eigenvalue weighted by Gasteiger charge is 2.29. The first kappa shape index (κ1) is 24.0. The maximum absolute atomic E-state index is 12.2. The Labute approximate surface area is 181 Å². The maximum Gasteiger partial charge on any atom is 0.407 e. The lowest BCUT2D eigenvalue weighted by Gasteiger charge is -2.25. The van der Waals surface area contributed by atoms with Gasteiger partial charge in [0.25, 0.3) is 6.29 Å². The third-order valence-electron chi connectivity index (χ3n) is 4.25. The van der Waals surface area contributed by atoms with Gasteiger partial charge in [-0.2, -0.15) is 0 Å². The summed E-state index contributed by atoms with van der Waals surface area (Å²) in [6, 6.07) is 6.64. The molecule has 0 aromatic heterocycles. The summed E-state index contributed by atoms with van der Waals surface area (Å²) >= 11 is 0. The monoisotopic (exact) mass is 434 g/mol. The van der Waals surface area contributed by atoms with Crippen molar-refractivity contribution in [2.45, 2.75) is 70.9 Å². The molecule has 0 aliphatic carbocycles. The van der Waals surface area contributed by atoms with Gasteiger partial charge >= 0.3 is 12.1 Å². The minimum atomic E-state index is -1.05. The summed E-state index contributed by atoms with van der Waals surface area (Å²) in [5.74, 6) is -1.47. The molecule has 1 aliphatic rings. The molecule has 0 fully saturated rings. The molecule has 2 unspecified atom stereocenters. The lowest BCUT2D eigenvalue weighted by molar-refractivity contribution is -0.139. The number of carboxylic acids is 1. The Morgan fingerprint density at radius 1 is 1.13 bits per heavy atom. The standard InChI is InChI=1S/C22H30N2O7/c1-14(23-21(28)31-22(2,3)4)12-15-6-5-7-16(13-15)19(20-29-10-11-30-20)24-17(25)8-9-18(26)27/h5-7,10-11,13-14,19-20H,8-9,12H2,1-4H3,(H,23,28)(H,24,25)(H,26,27). The quantitative estimate of drug-likeness (QED) is 0.546. The first-order valence-electron chi connectivity index (χ1n) is 10.1. The van der Waals surface area contributed by atoms with Crippen molar-refractivity contribution in [1.29, 1.82) is 0 Å². The van der Waals surface area contributed by atoms with E-state index in [1.165, 1.54) is 12.5 Å². The molecule has 1 heterocycles. The summed E-state index contributed by atoms with van der Waals surface area (Å²) < 4.78 is 16.1. The smallest absolute Gasteiger partial charge is 0.407 e. The van der Waals surface area contributed by atoms with Crippen LogP contribution in [0.15, 0.2) is 36.8 Å². The van der Waals surface area contributed by atoms with Crippen LogP contribution in [0.4, 0.5) is 4.79 Å². The summed E-state index contributed by atoms with van der Waals surface area (Å²) in [6.07, 6.45) is 1.65. The summed E-state index contributed by atoms with van der Waals surface area (Å²) in [5, 5.41) is 14.4. The first-order chi connectivity index (χ1) is 14.5. The van der Waals surface area contributed by atoms with Gasteiger partial charge in [-0.05, 0) is 45.2 Å². The third kappa shape index (κ3) is 8.57. The number of hydrogen-bond donors (Lipinski definition) is 3. The van der Waals surface area contributed by atoms with E-state index >= 15 is 0 Å². The molecular weight excluding hydrogens is 404 g/mol. The molecule has 9 heteroatoms. The molecule has 170 valence electrons. The van der Waals surface area contributed by atoms with Crippen molar-refractivity contribution < 1.29 is 33.7 Å². The molecule has 0 spiro atoms. The SMILES string of the molecule is CC(Cc1cccc(C(NC(=O)CCC(=O)O)C2OC=CO2)c1)NC(=O)OC(C)(C)C. The van der Waals surface area contributed by atoms with Gasteiger partial charge in [-0.15, -0.1) is 0 Å². The summed E-state index contributed by atoms with van der Waals surface area (Å²) in [6.45, 7) is 7.27. The van der Waals surface area contributed by atoms with Crippen LogP contribution < -0.4 is 10.6 Å². The number of nitrogens with one attached hydrogen (secondary N) is 2. The Morgan fingerprint density at radius 3 is 2.42 bits per heavy atom. The van der Waals surface area contributed by atoms with E-state index in [1.807, 2.05) is 31.2 Å². The van der Waals surface area contributed by atoms with Gasteiger partial charge < -0.3 is 30.0 Å². The topological polar surface area (TPSA) is 123 Å². The predicted molar refractivity (Wildman–Crippen MR) is 112 cm³/mol. The number of aliphatic carboxylic acids is 1. The van der Waals surface area contributed by atoms with Crippen LogP contribution in [0.2, 0.25) is 0 Å². The molecule has 1 aromatic carbocycles. The van der Waals surface area contributed by atoms with Crippen LogP contribution in [0.3, 0.4) is 0 Å². The third-order valence-corrected chi connectivity index (χ3v) is 4.25. The highest BCUT2D eigenvalue weighted by Crippen LogP contribution is 2.25. The van der Waals surface area contributed by atoms with E-state index in [4.69, 9.17) is 19.3 Å². The zero-order valence-electron chi connectivity index (χ0n) is 18.2. The van der Waals surface area contributed by atoms with Crippen molar-refractivity contribution in [1.82, 2.24) is 10.6 Å². The first-order valence-corrected chi connectivity index (χ1v) is 10.1. The molecule has 31 heavy (non-hydrogen) atoms. The number of rotatable bonds is 9. The van der Waals surface area contributed by atoms with Crippen LogP contribution in [0, 0.1) is 0 Å². The molecule has 0 radical (unpaired) electrons. The van der Waals surface area contributed by atoms with Gasteiger partial charge in [0.15, 0.2) is 0 Å². The van der Waals surface area contributed by atoms with E-state index < -0.39 is 35.9 Å². The molecule has 3 N–H and O–H groups in total. The van der Waals surface area contributed by atoms with Gasteiger partial charge in [-0.25, -0.2) is 4.79 Å². The highest BCUT2D eigenvalue weighted by atomic mass is 16.7. The molecule has 1 aliphatic heterocycles. The fraction of sp³-hybridized carbons (Fsp3) is 0.500. The second-order valence-electron chi connectivity index (χ2n) is 8.35. The van der Waals surface area contributed by atoms with Gasteiger partial charge in [-0.1, -0.05) is 24.3 Å². The normalized spacial score (nSPS) is 15.4. The average Bonchev–Trinajstić information content (AvgIpc) is 3.17. The summed E-state index contributed by atoms with van der Waals surface area (Å²) in [7, 11) is 0. The number of ether oxygens (including phenoxy) is 3. The van der Waals surface area contributed by atoms with E-state index in [9.17, 15) is 14.4 Å². The summed E-state index contributed by atoms with van der Waals surface area (Å²) in [4.78, 5) is 34.9. The fourth-order valence-electron chi connectivity index (χ4n) is 3.01. The van der Waals surface area contributed by atoms with Crippen LogP contribution in [0.25, 0.3) is 0 Å². The van der Waals surface area contributed by atoms with Gasteiger partial charge in [-0.3, -0.25) is 9.59 Å². The van der Waals surface area contributed by atoms with Crippen molar-refractivity contribution in [3.8, 4) is 0 Å². The van der Waals surface area contributed by atoms with Crippen LogP contribution in [-0.2, 0) is 30.2 Å². The minimum absolute atomic E-state index is 0.150. The number of carboxylic acid groups (broad SMARTS) is 1. The highest BCUT2D eigenvalue weighted by molar-refractivity contribution is 5.81. The lowest BCUT2D eigenvalue weighted by atomic mass is 9.99. The summed E-state index contributed by atoms with van der Waals surface area (Å²) in [5.41, 5.74) is 1.08. The second kappa shape index (κ2) is 10.7. The Hall–Kier alpha value is -3.23. The Bertz CT molecular complexity index is 808. The maximum atomic E-state index is 12.2. The minimum Gasteiger partial charge on any atom is -0.481 e. The van der Waals surface area contributed by atoms with Crippen molar-refractivity contribution >= 4 is 18.0 Å². The van der Waals surface area contributed by atoms with E-state index in [2.05, 4.69) is 10.6 Å². The van der Waals surface area contributed by atoms with E-state index in [0.717, 1.165) is 11.1 Å². The zero-order chi connectivity index (χ0) is 23.0. The van der Waals surface area contributed by atoms with Gasteiger partial charge in [0.2, 0.25) is 5.91 Å². The number of carbonyl (C=O) groups excluding carboxylic acids is 2. The molecule has 0 saturated carbocycles. The van der Waals surface area contributed by atoms with E-state index in [0.29, 0.717) is 6.42 Å². The van der Waals surface area contributed by atoms with Crippen LogP contribution >= 0.6 is 0 Å². The predicted octanol–water partition coefficient (Wildman–Crippen LogP) is 3.01. The zero-order valence-corrected chi connectivity index (χ0v) is 18.2. The van der Waals surface area contributed by atoms with Gasteiger partial charge in [0.05, 0.1) is 6.42 Å². The number of amides is 2. The lowest BCUT2D eigenvalue weighted by Crippen LogP contribution is -2.39. The van der Waals surface area contributed by atoms with E-state index in [1.54, 1.807) is 20.8 Å². The Balaban J connectivity index is 2.06. The number of carbonyl (C=O) groups is 3. The van der Waals surface area contributed by atoms with E-state index in [-0.39, 0.29) is 18.9 Å². The van der Waals surface area contributed by atoms with Crippen molar-refractivity contribution in [3.63, 3.8) is 0 Å². The molecule has 0 saturated heterocycles. The molecule has 2 atom stereocenters. The Kier molecular flexibility index (Phi) is 8.30. The number of alkyl carbamates (subject to hydrolysis) is 1. The molecule has 1 aromatic rings. The fourth-order valence-corrected chi connectivity index (χ4v) is 3.01. The largest absolute Gasteiger partial charge is 0.481 e. The molecule has 2 rings (SSSR count). The molecule has 2 amide bonds. The molecule has 9 nitrogen and oxygen atoms in total. The van der Waals surface area contributed by atoms with Crippen LogP contribution in [-0.4, -0.2) is 41.0 Å². The van der Waals surface area contributed by atoms with Crippen LogP contribution in [0.1, 0.15) is 57.7 Å². The Morgan fingerprint density at radius 2 is 1.81 bits per heavy atom. The average molecular weight is 434 g/mol. The van der Waals surface area contributed by atoms with Gasteiger partial charge in [0, 0.05) is 12.5 Å². The van der Waals surface area contributed by atoms with Crippen molar-refractivity contribution in [3.05, 3.63) is 47.9 Å². The molecular formula is C22H30N2O7. The van der Waals surface area contributed by atoms with Crippen LogP contribution in [0.5, 0.6) is 0 Å². The number of hydrogen-bond acceptors (Lipinski definition) is 6. The number of benzene rings is 1. The molecule has 0 bridgehead atoms.